The van der Waals surface area contributed by atoms with Gasteiger partial charge in [-0.2, -0.15) is 0 Å². The first-order valence-electron chi connectivity index (χ1n) is 10.9. The van der Waals surface area contributed by atoms with Gasteiger partial charge in [0, 0.05) is 50.3 Å². The standard InChI is InChI=1S/C25H26F2N4O4/c1-28-22(32)21(23(33)29-35)30(2)24(34)20-11-9-18(10-12-20)4-3-17-5-7-19(8-6-17)15-31-14-13-25(26,27)16-31/h5-12,21,35H,13-16H2,1-2H3,(H,28,32)(H,29,33). The maximum atomic E-state index is 13.3. The first-order chi connectivity index (χ1) is 16.6. The third kappa shape index (κ3) is 6.62. The molecule has 0 saturated carbocycles. The quantitative estimate of drug-likeness (QED) is 0.250. The summed E-state index contributed by atoms with van der Waals surface area (Å²) < 4.78 is 26.7. The van der Waals surface area contributed by atoms with Crippen LogP contribution in [0.1, 0.15) is 33.5 Å². The van der Waals surface area contributed by atoms with Crippen molar-refractivity contribution in [1.29, 1.82) is 0 Å². The number of nitrogens with one attached hydrogen (secondary N) is 2. The highest BCUT2D eigenvalue weighted by atomic mass is 19.3. The first-order valence-corrected chi connectivity index (χ1v) is 10.9. The molecule has 1 saturated heterocycles. The number of likely N-dealkylation sites (N-methyl/N-ethyl adjacent to an activating group) is 2. The Morgan fingerprint density at radius 3 is 2.11 bits per heavy atom. The zero-order valence-corrected chi connectivity index (χ0v) is 19.3. The summed E-state index contributed by atoms with van der Waals surface area (Å²) in [6.07, 6.45) is -0.107. The molecule has 0 aromatic heterocycles. The van der Waals surface area contributed by atoms with Gasteiger partial charge < -0.3 is 10.2 Å². The summed E-state index contributed by atoms with van der Waals surface area (Å²) in [6, 6.07) is 12.2. The van der Waals surface area contributed by atoms with Crippen LogP contribution in [0.2, 0.25) is 0 Å². The number of benzene rings is 2. The molecule has 1 fully saturated rings. The minimum atomic E-state index is -2.61. The highest BCUT2D eigenvalue weighted by Gasteiger charge is 2.38. The van der Waals surface area contributed by atoms with E-state index in [0.717, 1.165) is 16.0 Å². The van der Waals surface area contributed by atoms with E-state index in [-0.39, 0.29) is 18.5 Å². The van der Waals surface area contributed by atoms with Crippen molar-refractivity contribution in [3.05, 3.63) is 70.8 Å². The van der Waals surface area contributed by atoms with E-state index >= 15 is 0 Å². The molecule has 3 amide bonds. The Morgan fingerprint density at radius 1 is 1.06 bits per heavy atom. The summed E-state index contributed by atoms with van der Waals surface area (Å²) in [6.45, 7) is 0.627. The average molecular weight is 485 g/mol. The summed E-state index contributed by atoms with van der Waals surface area (Å²) in [5.41, 5.74) is 3.95. The van der Waals surface area contributed by atoms with Crippen molar-refractivity contribution in [2.75, 3.05) is 27.2 Å². The fraction of sp³-hybridized carbons (Fsp3) is 0.320. The molecule has 1 unspecified atom stereocenters. The van der Waals surface area contributed by atoms with Crippen LogP contribution in [0.15, 0.2) is 48.5 Å². The van der Waals surface area contributed by atoms with Crippen LogP contribution in [0.3, 0.4) is 0 Å². The molecule has 0 radical (unpaired) electrons. The summed E-state index contributed by atoms with van der Waals surface area (Å²) in [5, 5.41) is 11.2. The largest absolute Gasteiger partial charge is 0.357 e. The number of hydrogen-bond donors (Lipinski definition) is 3. The number of halogens is 2. The average Bonchev–Trinajstić information content (AvgIpc) is 3.20. The number of nitrogens with zero attached hydrogens (tertiary/aromatic N) is 2. The fourth-order valence-corrected chi connectivity index (χ4v) is 3.72. The number of carbonyl (C=O) groups excluding carboxylic acids is 3. The van der Waals surface area contributed by atoms with Gasteiger partial charge in [0.25, 0.3) is 23.6 Å². The molecule has 1 aliphatic rings. The Balaban J connectivity index is 1.63. The smallest absolute Gasteiger partial charge is 0.275 e. The summed E-state index contributed by atoms with van der Waals surface area (Å²) in [5.74, 6) is 1.02. The van der Waals surface area contributed by atoms with Gasteiger partial charge in [-0.25, -0.2) is 14.3 Å². The van der Waals surface area contributed by atoms with Gasteiger partial charge in [-0.05, 0) is 42.0 Å². The predicted octanol–water partition coefficient (Wildman–Crippen LogP) is 1.62. The van der Waals surface area contributed by atoms with E-state index in [0.29, 0.717) is 18.7 Å². The van der Waals surface area contributed by atoms with Crippen molar-refractivity contribution in [3.63, 3.8) is 0 Å². The zero-order chi connectivity index (χ0) is 25.6. The van der Waals surface area contributed by atoms with Crippen LogP contribution < -0.4 is 10.8 Å². The SMILES string of the molecule is CNC(=O)C(C(=O)NO)N(C)C(=O)c1ccc(C#Cc2ccc(CN3CCC(F)(F)C3)cc2)cc1. The van der Waals surface area contributed by atoms with Crippen molar-refractivity contribution in [2.24, 2.45) is 0 Å². The molecular formula is C25H26F2N4O4. The minimum Gasteiger partial charge on any atom is -0.357 e. The third-order valence-corrected chi connectivity index (χ3v) is 5.65. The second kappa shape index (κ2) is 11.1. The molecule has 3 N–H and O–H groups in total. The van der Waals surface area contributed by atoms with Crippen LogP contribution >= 0.6 is 0 Å². The molecule has 2 aromatic rings. The fourth-order valence-electron chi connectivity index (χ4n) is 3.72. The molecule has 184 valence electrons. The van der Waals surface area contributed by atoms with E-state index in [9.17, 15) is 23.2 Å². The van der Waals surface area contributed by atoms with Crippen LogP contribution in [0.5, 0.6) is 0 Å². The molecule has 0 aliphatic carbocycles. The van der Waals surface area contributed by atoms with E-state index in [1.807, 2.05) is 24.3 Å². The van der Waals surface area contributed by atoms with Crippen LogP contribution in [-0.2, 0) is 16.1 Å². The molecule has 1 heterocycles. The Hall–Kier alpha value is -3.81. The van der Waals surface area contributed by atoms with Crippen molar-refractivity contribution in [3.8, 4) is 11.8 Å². The van der Waals surface area contributed by atoms with Gasteiger partial charge in [0.15, 0.2) is 6.04 Å². The van der Waals surface area contributed by atoms with Gasteiger partial charge in [0.05, 0.1) is 6.54 Å². The zero-order valence-electron chi connectivity index (χ0n) is 19.3. The summed E-state index contributed by atoms with van der Waals surface area (Å²) >= 11 is 0. The number of rotatable bonds is 6. The molecule has 0 spiro atoms. The molecule has 0 bridgehead atoms. The number of hydroxylamine groups is 1. The lowest BCUT2D eigenvalue weighted by Crippen LogP contribution is -2.54. The lowest BCUT2D eigenvalue weighted by molar-refractivity contribution is -0.140. The number of carbonyl (C=O) groups is 3. The van der Waals surface area contributed by atoms with E-state index in [1.54, 1.807) is 17.0 Å². The molecule has 8 nitrogen and oxygen atoms in total. The van der Waals surface area contributed by atoms with E-state index < -0.39 is 29.7 Å². The van der Waals surface area contributed by atoms with Crippen molar-refractivity contribution < 1.29 is 28.4 Å². The summed E-state index contributed by atoms with van der Waals surface area (Å²) in [4.78, 5) is 39.2. The van der Waals surface area contributed by atoms with E-state index in [4.69, 9.17) is 5.21 Å². The van der Waals surface area contributed by atoms with Crippen LogP contribution in [0.4, 0.5) is 8.78 Å². The van der Waals surface area contributed by atoms with Gasteiger partial charge in [-0.15, -0.1) is 0 Å². The number of likely N-dealkylation sites (tertiary alicyclic amines) is 1. The highest BCUT2D eigenvalue weighted by Crippen LogP contribution is 2.27. The second-order valence-electron chi connectivity index (χ2n) is 8.25. The molecule has 1 aliphatic heterocycles. The number of amides is 3. The molecule has 10 heteroatoms. The highest BCUT2D eigenvalue weighted by molar-refractivity contribution is 6.08. The monoisotopic (exact) mass is 484 g/mol. The lowest BCUT2D eigenvalue weighted by Gasteiger charge is -2.25. The maximum Gasteiger partial charge on any atom is 0.275 e. The molecule has 35 heavy (non-hydrogen) atoms. The normalized spacial score (nSPS) is 15.5. The molecular weight excluding hydrogens is 458 g/mol. The predicted molar refractivity (Wildman–Crippen MR) is 124 cm³/mol. The number of alkyl halides is 2. The van der Waals surface area contributed by atoms with Crippen molar-refractivity contribution in [1.82, 2.24) is 20.6 Å². The lowest BCUT2D eigenvalue weighted by atomic mass is 10.1. The van der Waals surface area contributed by atoms with Crippen LogP contribution in [0.25, 0.3) is 0 Å². The second-order valence-corrected chi connectivity index (χ2v) is 8.25. The summed E-state index contributed by atoms with van der Waals surface area (Å²) in [7, 11) is 2.60. The first kappa shape index (κ1) is 25.8. The molecule has 2 aromatic carbocycles. The Morgan fingerprint density at radius 2 is 1.63 bits per heavy atom. The Bertz CT molecular complexity index is 1120. The van der Waals surface area contributed by atoms with Gasteiger partial charge in [0.2, 0.25) is 0 Å². The van der Waals surface area contributed by atoms with Gasteiger partial charge >= 0.3 is 0 Å². The number of hydrogen-bond acceptors (Lipinski definition) is 5. The Kier molecular flexibility index (Phi) is 8.17. The Labute approximate surface area is 201 Å². The van der Waals surface area contributed by atoms with E-state index in [2.05, 4.69) is 17.2 Å². The van der Waals surface area contributed by atoms with Crippen molar-refractivity contribution >= 4 is 17.7 Å². The van der Waals surface area contributed by atoms with Crippen LogP contribution in [0, 0.1) is 11.8 Å². The van der Waals surface area contributed by atoms with Crippen molar-refractivity contribution in [2.45, 2.75) is 24.9 Å². The minimum absolute atomic E-state index is 0.107. The van der Waals surface area contributed by atoms with E-state index in [1.165, 1.54) is 31.7 Å². The third-order valence-electron chi connectivity index (χ3n) is 5.65. The van der Waals surface area contributed by atoms with Crippen LogP contribution in [-0.4, -0.2) is 71.9 Å². The van der Waals surface area contributed by atoms with Gasteiger partial charge in [-0.1, -0.05) is 24.0 Å². The van der Waals surface area contributed by atoms with Gasteiger partial charge in [-0.3, -0.25) is 24.5 Å². The topological polar surface area (TPSA) is 102 Å². The maximum absolute atomic E-state index is 13.3. The molecule has 3 rings (SSSR count). The van der Waals surface area contributed by atoms with Gasteiger partial charge in [0.1, 0.15) is 0 Å². The molecule has 1 atom stereocenters.